The lowest BCUT2D eigenvalue weighted by molar-refractivity contribution is 1.00. The molecule has 0 aliphatic heterocycles. The summed E-state index contributed by atoms with van der Waals surface area (Å²) in [5, 5.41) is 3.26. The van der Waals surface area contributed by atoms with Gasteiger partial charge in [0.05, 0.1) is 11.4 Å². The van der Waals surface area contributed by atoms with Gasteiger partial charge in [0.1, 0.15) is 0 Å². The lowest BCUT2D eigenvalue weighted by Gasteiger charge is -2.14. The van der Waals surface area contributed by atoms with Crippen LogP contribution < -0.4 is 11.1 Å². The van der Waals surface area contributed by atoms with Gasteiger partial charge in [-0.05, 0) is 25.5 Å². The summed E-state index contributed by atoms with van der Waals surface area (Å²) in [4.78, 5) is 0. The van der Waals surface area contributed by atoms with E-state index in [0.717, 1.165) is 16.9 Å². The normalized spacial score (nSPS) is 12.2. The van der Waals surface area contributed by atoms with Crippen LogP contribution in [0.3, 0.4) is 0 Å². The van der Waals surface area contributed by atoms with Crippen LogP contribution in [0.4, 0.5) is 11.4 Å². The Labute approximate surface area is 79.5 Å². The van der Waals surface area contributed by atoms with E-state index in [1.54, 1.807) is 0 Å². The molecule has 0 aromatic heterocycles. The standard InChI is InChI=1S/C11H16N2/c1-4-9(3)13-10-7-5-6-8(2)11(10)12/h4-7,9,13H,1,12H2,2-3H3. The summed E-state index contributed by atoms with van der Waals surface area (Å²) in [6.45, 7) is 7.74. The Morgan fingerprint density at radius 2 is 2.23 bits per heavy atom. The maximum atomic E-state index is 5.89. The van der Waals surface area contributed by atoms with Crippen LogP contribution in [0.15, 0.2) is 30.9 Å². The predicted molar refractivity (Wildman–Crippen MR) is 58.9 cm³/mol. The number of benzene rings is 1. The largest absolute Gasteiger partial charge is 0.397 e. The van der Waals surface area contributed by atoms with Gasteiger partial charge < -0.3 is 11.1 Å². The molecule has 2 heteroatoms. The molecule has 1 atom stereocenters. The molecule has 0 aliphatic carbocycles. The molecule has 0 heterocycles. The predicted octanol–water partition coefficient (Wildman–Crippen LogP) is 2.56. The number of nitrogens with one attached hydrogen (secondary N) is 1. The van der Waals surface area contributed by atoms with Gasteiger partial charge >= 0.3 is 0 Å². The van der Waals surface area contributed by atoms with Crippen LogP contribution in [-0.4, -0.2) is 6.04 Å². The number of nitrogens with two attached hydrogens (primary N) is 1. The summed E-state index contributed by atoms with van der Waals surface area (Å²) in [5.41, 5.74) is 8.78. The van der Waals surface area contributed by atoms with Gasteiger partial charge in [-0.15, -0.1) is 6.58 Å². The molecule has 0 bridgehead atoms. The summed E-state index contributed by atoms with van der Waals surface area (Å²) < 4.78 is 0. The summed E-state index contributed by atoms with van der Waals surface area (Å²) in [5.74, 6) is 0. The van der Waals surface area contributed by atoms with Crippen molar-refractivity contribution < 1.29 is 0 Å². The van der Waals surface area contributed by atoms with Crippen LogP contribution in [0.25, 0.3) is 0 Å². The van der Waals surface area contributed by atoms with E-state index in [-0.39, 0.29) is 6.04 Å². The van der Waals surface area contributed by atoms with Crippen LogP contribution in [0.1, 0.15) is 12.5 Å². The average molecular weight is 176 g/mol. The SMILES string of the molecule is C=CC(C)Nc1cccc(C)c1N. The Morgan fingerprint density at radius 1 is 1.54 bits per heavy atom. The van der Waals surface area contributed by atoms with Crippen molar-refractivity contribution in [2.45, 2.75) is 19.9 Å². The zero-order chi connectivity index (χ0) is 9.84. The van der Waals surface area contributed by atoms with Crippen LogP contribution >= 0.6 is 0 Å². The van der Waals surface area contributed by atoms with E-state index in [4.69, 9.17) is 5.73 Å². The number of rotatable bonds is 3. The van der Waals surface area contributed by atoms with Gasteiger partial charge in [0.25, 0.3) is 0 Å². The molecule has 13 heavy (non-hydrogen) atoms. The molecular weight excluding hydrogens is 160 g/mol. The molecule has 1 aromatic rings. The Bertz CT molecular complexity index is 305. The maximum absolute atomic E-state index is 5.89. The van der Waals surface area contributed by atoms with E-state index in [1.165, 1.54) is 0 Å². The molecule has 3 N–H and O–H groups in total. The number of nitrogen functional groups attached to an aromatic ring is 1. The molecule has 0 amide bonds. The van der Waals surface area contributed by atoms with Crippen LogP contribution in [0.2, 0.25) is 0 Å². The van der Waals surface area contributed by atoms with Crippen molar-refractivity contribution in [1.82, 2.24) is 0 Å². The Hall–Kier alpha value is -1.44. The quantitative estimate of drug-likeness (QED) is 0.548. The summed E-state index contributed by atoms with van der Waals surface area (Å²) in [6.07, 6.45) is 1.85. The van der Waals surface area contributed by atoms with Crippen LogP contribution in [0.5, 0.6) is 0 Å². The van der Waals surface area contributed by atoms with E-state index >= 15 is 0 Å². The minimum absolute atomic E-state index is 0.240. The molecule has 1 rings (SSSR count). The van der Waals surface area contributed by atoms with Gasteiger partial charge in [0.15, 0.2) is 0 Å². The van der Waals surface area contributed by atoms with E-state index in [2.05, 4.69) is 11.9 Å². The van der Waals surface area contributed by atoms with E-state index in [9.17, 15) is 0 Å². The van der Waals surface area contributed by atoms with Crippen molar-refractivity contribution in [2.75, 3.05) is 11.1 Å². The summed E-state index contributed by atoms with van der Waals surface area (Å²) in [6, 6.07) is 6.20. The van der Waals surface area contributed by atoms with Gasteiger partial charge in [0.2, 0.25) is 0 Å². The fourth-order valence-corrected chi connectivity index (χ4v) is 1.11. The molecule has 1 aromatic carbocycles. The van der Waals surface area contributed by atoms with Gasteiger partial charge in [-0.3, -0.25) is 0 Å². The summed E-state index contributed by atoms with van der Waals surface area (Å²) >= 11 is 0. The molecule has 70 valence electrons. The van der Waals surface area contributed by atoms with E-state index in [1.807, 2.05) is 38.1 Å². The number of hydrogen-bond acceptors (Lipinski definition) is 2. The first-order valence-corrected chi connectivity index (χ1v) is 4.39. The van der Waals surface area contributed by atoms with Gasteiger partial charge in [-0.2, -0.15) is 0 Å². The third-order valence-corrected chi connectivity index (χ3v) is 2.06. The second-order valence-corrected chi connectivity index (χ2v) is 3.20. The minimum Gasteiger partial charge on any atom is -0.397 e. The lowest BCUT2D eigenvalue weighted by Crippen LogP contribution is -2.12. The highest BCUT2D eigenvalue weighted by Crippen LogP contribution is 2.22. The van der Waals surface area contributed by atoms with Crippen molar-refractivity contribution in [2.24, 2.45) is 0 Å². The third kappa shape index (κ3) is 2.25. The molecule has 0 aliphatic rings. The topological polar surface area (TPSA) is 38.0 Å². The molecule has 0 saturated carbocycles. The Balaban J connectivity index is 2.88. The van der Waals surface area contributed by atoms with Crippen molar-refractivity contribution in [1.29, 1.82) is 0 Å². The average Bonchev–Trinajstić information content (AvgIpc) is 2.13. The Kier molecular flexibility index (Phi) is 2.96. The highest BCUT2D eigenvalue weighted by molar-refractivity contribution is 5.69. The fourth-order valence-electron chi connectivity index (χ4n) is 1.11. The molecule has 0 radical (unpaired) electrons. The maximum Gasteiger partial charge on any atom is 0.0581 e. The first-order chi connectivity index (χ1) is 6.15. The van der Waals surface area contributed by atoms with Crippen molar-refractivity contribution in [3.63, 3.8) is 0 Å². The molecule has 0 spiro atoms. The molecule has 0 fully saturated rings. The molecule has 2 nitrogen and oxygen atoms in total. The molecule has 0 saturated heterocycles. The van der Waals surface area contributed by atoms with Crippen LogP contribution in [0, 0.1) is 6.92 Å². The number of aryl methyl sites for hydroxylation is 1. The van der Waals surface area contributed by atoms with Gasteiger partial charge in [-0.1, -0.05) is 18.2 Å². The first-order valence-electron chi connectivity index (χ1n) is 4.39. The fraction of sp³-hybridized carbons (Fsp3) is 0.273. The van der Waals surface area contributed by atoms with Crippen molar-refractivity contribution in [3.8, 4) is 0 Å². The van der Waals surface area contributed by atoms with E-state index in [0.29, 0.717) is 0 Å². The zero-order valence-electron chi connectivity index (χ0n) is 8.17. The highest BCUT2D eigenvalue weighted by atomic mass is 14.9. The second-order valence-electron chi connectivity index (χ2n) is 3.20. The Morgan fingerprint density at radius 3 is 2.85 bits per heavy atom. The first kappa shape index (κ1) is 9.65. The van der Waals surface area contributed by atoms with E-state index < -0.39 is 0 Å². The lowest BCUT2D eigenvalue weighted by atomic mass is 10.1. The van der Waals surface area contributed by atoms with Gasteiger partial charge in [0, 0.05) is 6.04 Å². The smallest absolute Gasteiger partial charge is 0.0581 e. The van der Waals surface area contributed by atoms with Crippen LogP contribution in [-0.2, 0) is 0 Å². The van der Waals surface area contributed by atoms with Crippen molar-refractivity contribution in [3.05, 3.63) is 36.4 Å². The second kappa shape index (κ2) is 3.99. The summed E-state index contributed by atoms with van der Waals surface area (Å²) in [7, 11) is 0. The number of hydrogen-bond donors (Lipinski definition) is 2. The van der Waals surface area contributed by atoms with Gasteiger partial charge in [-0.25, -0.2) is 0 Å². The number of anilines is 2. The zero-order valence-corrected chi connectivity index (χ0v) is 8.17. The molecular formula is C11H16N2. The minimum atomic E-state index is 0.240. The number of para-hydroxylation sites is 1. The monoisotopic (exact) mass is 176 g/mol. The highest BCUT2D eigenvalue weighted by Gasteiger charge is 2.02. The van der Waals surface area contributed by atoms with Crippen molar-refractivity contribution >= 4 is 11.4 Å². The molecule has 1 unspecified atom stereocenters. The third-order valence-electron chi connectivity index (χ3n) is 2.06.